The van der Waals surface area contributed by atoms with Crippen molar-refractivity contribution in [2.45, 2.75) is 11.8 Å². The minimum atomic E-state index is -4.01. The molecule has 0 fully saturated rings. The minimum Gasteiger partial charge on any atom is -0.302 e. The molecule has 0 aliphatic rings. The minimum absolute atomic E-state index is 0.214. The van der Waals surface area contributed by atoms with Crippen molar-refractivity contribution in [3.05, 3.63) is 64.0 Å². The number of benzene rings is 2. The monoisotopic (exact) mass is 418 g/mol. The molecule has 2 aromatic carbocycles. The number of nitro benzene ring substituents is 1. The van der Waals surface area contributed by atoms with Crippen molar-refractivity contribution in [3.8, 4) is 11.3 Å². The van der Waals surface area contributed by atoms with Crippen LogP contribution in [0.25, 0.3) is 11.3 Å². The first-order chi connectivity index (χ1) is 13.2. The molecule has 0 unspecified atom stereocenters. The summed E-state index contributed by atoms with van der Waals surface area (Å²) in [6, 6.07) is 11.3. The van der Waals surface area contributed by atoms with E-state index in [9.17, 15) is 23.3 Å². The maximum Gasteiger partial charge on any atom is 0.270 e. The Bertz CT molecular complexity index is 1160. The number of nitrogens with one attached hydrogen (secondary N) is 2. The quantitative estimate of drug-likeness (QED) is 0.465. The van der Waals surface area contributed by atoms with E-state index in [4.69, 9.17) is 0 Å². The van der Waals surface area contributed by atoms with Crippen LogP contribution in [0.1, 0.15) is 6.92 Å². The number of sulfonamides is 1. The van der Waals surface area contributed by atoms with Crippen molar-refractivity contribution in [2.75, 3.05) is 10.0 Å². The van der Waals surface area contributed by atoms with Crippen molar-refractivity contribution in [1.29, 1.82) is 0 Å². The van der Waals surface area contributed by atoms with Gasteiger partial charge in [-0.1, -0.05) is 18.2 Å². The maximum atomic E-state index is 12.6. The van der Waals surface area contributed by atoms with Crippen LogP contribution in [-0.2, 0) is 14.8 Å². The Labute approximate surface area is 164 Å². The van der Waals surface area contributed by atoms with E-state index in [1.54, 1.807) is 29.6 Å². The zero-order chi connectivity index (χ0) is 20.3. The molecule has 0 saturated heterocycles. The van der Waals surface area contributed by atoms with Crippen LogP contribution in [0.3, 0.4) is 0 Å². The number of anilines is 2. The molecule has 0 spiro atoms. The molecular weight excluding hydrogens is 404 g/mol. The maximum absolute atomic E-state index is 12.6. The summed E-state index contributed by atoms with van der Waals surface area (Å²) >= 11 is 1.25. The average Bonchev–Trinajstić information content (AvgIpc) is 3.09. The van der Waals surface area contributed by atoms with Gasteiger partial charge in [0.15, 0.2) is 5.13 Å². The Hall–Kier alpha value is -3.31. The Kier molecular flexibility index (Phi) is 5.38. The number of non-ortho nitro benzene ring substituents is 1. The van der Waals surface area contributed by atoms with Gasteiger partial charge in [-0.25, -0.2) is 13.4 Å². The summed E-state index contributed by atoms with van der Waals surface area (Å²) in [5, 5.41) is 15.6. The molecule has 1 heterocycles. The number of aromatic nitrogens is 1. The van der Waals surface area contributed by atoms with Crippen molar-refractivity contribution in [1.82, 2.24) is 4.98 Å². The van der Waals surface area contributed by atoms with Crippen LogP contribution in [-0.4, -0.2) is 24.2 Å². The fourth-order valence-electron chi connectivity index (χ4n) is 2.33. The van der Waals surface area contributed by atoms with Gasteiger partial charge in [0, 0.05) is 35.7 Å². The molecular formula is C17H14N4O5S2. The fraction of sp³-hybridized carbons (Fsp3) is 0.0588. The Balaban J connectivity index is 1.86. The largest absolute Gasteiger partial charge is 0.302 e. The molecule has 1 amide bonds. The van der Waals surface area contributed by atoms with E-state index < -0.39 is 14.9 Å². The highest BCUT2D eigenvalue weighted by Crippen LogP contribution is 2.28. The zero-order valence-electron chi connectivity index (χ0n) is 14.4. The van der Waals surface area contributed by atoms with Crippen LogP contribution in [0.15, 0.2) is 58.8 Å². The summed E-state index contributed by atoms with van der Waals surface area (Å²) in [5.41, 5.74) is 1.18. The first-order valence-electron chi connectivity index (χ1n) is 7.85. The van der Waals surface area contributed by atoms with Crippen LogP contribution < -0.4 is 10.0 Å². The molecule has 0 atom stereocenters. The van der Waals surface area contributed by atoms with E-state index in [2.05, 4.69) is 15.0 Å². The molecule has 9 nitrogen and oxygen atoms in total. The van der Waals surface area contributed by atoms with E-state index in [0.717, 1.165) is 6.07 Å². The number of hydrogen-bond donors (Lipinski definition) is 2. The van der Waals surface area contributed by atoms with Gasteiger partial charge < -0.3 is 5.32 Å². The Morgan fingerprint density at radius 1 is 1.18 bits per heavy atom. The van der Waals surface area contributed by atoms with Gasteiger partial charge in [0.2, 0.25) is 5.91 Å². The summed E-state index contributed by atoms with van der Waals surface area (Å²) in [6.45, 7) is 1.38. The summed E-state index contributed by atoms with van der Waals surface area (Å²) in [7, 11) is -4.01. The van der Waals surface area contributed by atoms with Crippen molar-refractivity contribution < 1.29 is 18.1 Å². The van der Waals surface area contributed by atoms with Crippen LogP contribution in [0.4, 0.5) is 16.5 Å². The topological polar surface area (TPSA) is 131 Å². The summed E-state index contributed by atoms with van der Waals surface area (Å²) in [5.74, 6) is -0.237. The molecule has 144 valence electrons. The third kappa shape index (κ3) is 4.50. The second-order valence-corrected chi connectivity index (χ2v) is 8.20. The van der Waals surface area contributed by atoms with Crippen LogP contribution in [0.5, 0.6) is 0 Å². The van der Waals surface area contributed by atoms with Gasteiger partial charge in [0.05, 0.1) is 15.5 Å². The number of thiazole rings is 1. The summed E-state index contributed by atoms with van der Waals surface area (Å²) < 4.78 is 27.5. The van der Waals surface area contributed by atoms with Crippen molar-refractivity contribution >= 4 is 43.8 Å². The molecule has 3 aromatic rings. The lowest BCUT2D eigenvalue weighted by Crippen LogP contribution is -2.13. The molecule has 0 aliphatic carbocycles. The van der Waals surface area contributed by atoms with Crippen molar-refractivity contribution in [3.63, 3.8) is 0 Å². The van der Waals surface area contributed by atoms with Crippen LogP contribution in [0.2, 0.25) is 0 Å². The van der Waals surface area contributed by atoms with Crippen LogP contribution in [0, 0.1) is 10.1 Å². The highest BCUT2D eigenvalue weighted by Gasteiger charge is 2.18. The standard InChI is InChI=1S/C17H14N4O5S2/c1-11(22)18-17-19-16(10-27-17)12-4-2-5-13(8-12)20-28(25,26)15-7-3-6-14(9-15)21(23)24/h2-10,20H,1H3,(H,18,19,22). The average molecular weight is 418 g/mol. The predicted octanol–water partition coefficient (Wildman–Crippen LogP) is 3.48. The first-order valence-corrected chi connectivity index (χ1v) is 10.2. The van der Waals surface area contributed by atoms with E-state index in [0.29, 0.717) is 16.4 Å². The van der Waals surface area contributed by atoms with Gasteiger partial charge in [0.25, 0.3) is 15.7 Å². The number of nitro groups is 1. The molecule has 0 radical (unpaired) electrons. The van der Waals surface area contributed by atoms with E-state index in [1.165, 1.54) is 36.5 Å². The van der Waals surface area contributed by atoms with Gasteiger partial charge in [-0.15, -0.1) is 11.3 Å². The summed E-state index contributed by atoms with van der Waals surface area (Å²) in [4.78, 5) is 25.4. The smallest absolute Gasteiger partial charge is 0.270 e. The predicted molar refractivity (Wildman–Crippen MR) is 106 cm³/mol. The number of carbonyl (C=O) groups is 1. The lowest BCUT2D eigenvalue weighted by molar-refractivity contribution is -0.385. The van der Waals surface area contributed by atoms with Gasteiger partial charge in [-0.05, 0) is 18.2 Å². The number of rotatable bonds is 6. The third-order valence-electron chi connectivity index (χ3n) is 3.54. The molecule has 0 aliphatic heterocycles. The molecule has 1 aromatic heterocycles. The molecule has 2 N–H and O–H groups in total. The lowest BCUT2D eigenvalue weighted by atomic mass is 10.1. The molecule has 28 heavy (non-hydrogen) atoms. The second kappa shape index (κ2) is 7.74. The van der Waals surface area contributed by atoms with E-state index in [-0.39, 0.29) is 22.2 Å². The SMILES string of the molecule is CC(=O)Nc1nc(-c2cccc(NS(=O)(=O)c3cccc([N+](=O)[O-])c3)c2)cs1. The third-order valence-corrected chi connectivity index (χ3v) is 5.67. The molecule has 0 bridgehead atoms. The van der Waals surface area contributed by atoms with E-state index >= 15 is 0 Å². The van der Waals surface area contributed by atoms with Gasteiger partial charge in [-0.3, -0.25) is 19.6 Å². The van der Waals surface area contributed by atoms with Crippen LogP contribution >= 0.6 is 11.3 Å². The van der Waals surface area contributed by atoms with Crippen molar-refractivity contribution in [2.24, 2.45) is 0 Å². The number of nitrogens with zero attached hydrogens (tertiary/aromatic N) is 2. The molecule has 11 heteroatoms. The number of amides is 1. The molecule has 3 rings (SSSR count). The fourth-order valence-corrected chi connectivity index (χ4v) is 4.19. The highest BCUT2D eigenvalue weighted by atomic mass is 32.2. The second-order valence-electron chi connectivity index (χ2n) is 5.66. The number of hydrogen-bond acceptors (Lipinski definition) is 7. The highest BCUT2D eigenvalue weighted by molar-refractivity contribution is 7.92. The van der Waals surface area contributed by atoms with Gasteiger partial charge in [-0.2, -0.15) is 0 Å². The number of carbonyl (C=O) groups excluding carboxylic acids is 1. The first kappa shape index (κ1) is 19.5. The summed E-state index contributed by atoms with van der Waals surface area (Å²) in [6.07, 6.45) is 0. The van der Waals surface area contributed by atoms with Gasteiger partial charge in [0.1, 0.15) is 0 Å². The normalized spacial score (nSPS) is 11.0. The molecule has 0 saturated carbocycles. The Morgan fingerprint density at radius 3 is 2.64 bits per heavy atom. The zero-order valence-corrected chi connectivity index (χ0v) is 16.1. The Morgan fingerprint density at radius 2 is 1.93 bits per heavy atom. The van der Waals surface area contributed by atoms with Gasteiger partial charge >= 0.3 is 0 Å². The lowest BCUT2D eigenvalue weighted by Gasteiger charge is -2.09. The van der Waals surface area contributed by atoms with E-state index in [1.807, 2.05) is 0 Å².